The van der Waals surface area contributed by atoms with Crippen molar-refractivity contribution < 1.29 is 9.31 Å². The second-order valence-electron chi connectivity index (χ2n) is 4.23. The molecule has 0 radical (unpaired) electrons. The molecule has 20 heavy (non-hydrogen) atoms. The third-order valence-corrected chi connectivity index (χ3v) is 3.10. The Morgan fingerprint density at radius 3 is 2.50 bits per heavy atom. The van der Waals surface area contributed by atoms with Crippen molar-refractivity contribution >= 4 is 23.0 Å². The van der Waals surface area contributed by atoms with E-state index in [1.54, 1.807) is 18.2 Å². The van der Waals surface area contributed by atoms with Crippen molar-refractivity contribution in [2.24, 2.45) is 0 Å². The van der Waals surface area contributed by atoms with Crippen molar-refractivity contribution in [3.63, 3.8) is 0 Å². The molecule has 0 heterocycles. The first-order valence-electron chi connectivity index (χ1n) is 5.98. The van der Waals surface area contributed by atoms with Crippen molar-refractivity contribution in [2.45, 2.75) is 6.42 Å². The topological polar surface area (TPSA) is 55.2 Å². The number of rotatable bonds is 5. The summed E-state index contributed by atoms with van der Waals surface area (Å²) >= 11 is 5.68. The first-order valence-corrected chi connectivity index (χ1v) is 6.36. The maximum atomic E-state index is 13.0. The number of nitro groups is 1. The molecule has 2 rings (SSSR count). The van der Waals surface area contributed by atoms with E-state index in [9.17, 15) is 14.5 Å². The Hall–Kier alpha value is -2.14. The van der Waals surface area contributed by atoms with Gasteiger partial charge in [-0.1, -0.05) is 23.7 Å². The average Bonchev–Trinajstić information content (AvgIpc) is 2.43. The van der Waals surface area contributed by atoms with Gasteiger partial charge in [-0.2, -0.15) is 0 Å². The van der Waals surface area contributed by atoms with E-state index in [-0.39, 0.29) is 10.7 Å². The van der Waals surface area contributed by atoms with Gasteiger partial charge >= 0.3 is 0 Å². The summed E-state index contributed by atoms with van der Waals surface area (Å²) in [4.78, 5) is 10.1. The van der Waals surface area contributed by atoms with Gasteiger partial charge in [-0.05, 0) is 30.2 Å². The fourth-order valence-corrected chi connectivity index (χ4v) is 1.92. The van der Waals surface area contributed by atoms with Gasteiger partial charge in [-0.15, -0.1) is 0 Å². The molecule has 4 nitrogen and oxygen atoms in total. The van der Waals surface area contributed by atoms with Crippen LogP contribution in [0, 0.1) is 15.9 Å². The largest absolute Gasteiger partial charge is 0.385 e. The molecule has 1 N–H and O–H groups in total. The van der Waals surface area contributed by atoms with Gasteiger partial charge in [0.25, 0.3) is 5.69 Å². The van der Waals surface area contributed by atoms with Crippen LogP contribution < -0.4 is 5.32 Å². The molecule has 104 valence electrons. The molecule has 0 amide bonds. The van der Waals surface area contributed by atoms with Crippen molar-refractivity contribution in [1.29, 1.82) is 0 Å². The third-order valence-electron chi connectivity index (χ3n) is 2.81. The van der Waals surface area contributed by atoms with Crippen LogP contribution >= 0.6 is 11.6 Å². The molecule has 0 unspecified atom stereocenters. The average molecular weight is 295 g/mol. The minimum absolute atomic E-state index is 0.0744. The Bertz CT molecular complexity index is 617. The van der Waals surface area contributed by atoms with Crippen LogP contribution in [0.2, 0.25) is 5.02 Å². The maximum absolute atomic E-state index is 13.0. The van der Waals surface area contributed by atoms with E-state index in [0.29, 0.717) is 13.0 Å². The minimum Gasteiger partial charge on any atom is -0.385 e. The number of anilines is 1. The van der Waals surface area contributed by atoms with Gasteiger partial charge in [-0.3, -0.25) is 10.1 Å². The highest BCUT2D eigenvalue weighted by Crippen LogP contribution is 2.19. The Labute approximate surface area is 120 Å². The molecule has 6 heteroatoms. The van der Waals surface area contributed by atoms with E-state index < -0.39 is 10.7 Å². The molecular formula is C14H12ClFN2O2. The summed E-state index contributed by atoms with van der Waals surface area (Å²) in [5.74, 6) is -0.451. The number of non-ortho nitro benzene ring substituents is 1. The van der Waals surface area contributed by atoms with E-state index >= 15 is 0 Å². The number of nitro benzene ring substituents is 1. The van der Waals surface area contributed by atoms with Crippen LogP contribution in [0.3, 0.4) is 0 Å². The number of halogens is 2. The van der Waals surface area contributed by atoms with Crippen LogP contribution in [0.15, 0.2) is 42.5 Å². The number of nitrogens with zero attached hydrogens (tertiary/aromatic N) is 1. The summed E-state index contributed by atoms with van der Waals surface area (Å²) < 4.78 is 13.0. The van der Waals surface area contributed by atoms with Crippen LogP contribution in [0.5, 0.6) is 0 Å². The molecule has 0 aliphatic heterocycles. The van der Waals surface area contributed by atoms with Crippen LogP contribution in [0.4, 0.5) is 15.8 Å². The van der Waals surface area contributed by atoms with E-state index in [4.69, 9.17) is 11.6 Å². The van der Waals surface area contributed by atoms with Crippen LogP contribution in [0.25, 0.3) is 0 Å². The minimum atomic E-state index is -0.451. The molecule has 0 spiro atoms. The highest BCUT2D eigenvalue weighted by atomic mass is 35.5. The smallest absolute Gasteiger partial charge is 0.269 e. The highest BCUT2D eigenvalue weighted by molar-refractivity contribution is 6.31. The van der Waals surface area contributed by atoms with Gasteiger partial charge < -0.3 is 5.32 Å². The normalized spacial score (nSPS) is 10.3. The van der Waals surface area contributed by atoms with Crippen molar-refractivity contribution in [2.75, 3.05) is 11.9 Å². The second-order valence-corrected chi connectivity index (χ2v) is 4.64. The molecule has 0 fully saturated rings. The summed E-state index contributed by atoms with van der Waals surface area (Å²) in [5.41, 5.74) is 1.79. The second kappa shape index (κ2) is 6.34. The zero-order valence-electron chi connectivity index (χ0n) is 10.5. The molecule has 0 saturated carbocycles. The molecule has 2 aromatic rings. The Balaban J connectivity index is 1.89. The Kier molecular flexibility index (Phi) is 4.53. The molecular weight excluding hydrogens is 283 g/mol. The van der Waals surface area contributed by atoms with Crippen LogP contribution in [-0.4, -0.2) is 11.5 Å². The van der Waals surface area contributed by atoms with Gasteiger partial charge in [0, 0.05) is 24.4 Å². The van der Waals surface area contributed by atoms with Crippen molar-refractivity contribution in [3.05, 3.63) is 69.0 Å². The molecule has 0 aromatic heterocycles. The number of nitrogens with one attached hydrogen (secondary N) is 1. The molecule has 0 bridgehead atoms. The first kappa shape index (κ1) is 14.3. The Morgan fingerprint density at radius 2 is 1.90 bits per heavy atom. The Morgan fingerprint density at radius 1 is 1.20 bits per heavy atom. The number of hydrogen-bond acceptors (Lipinski definition) is 3. The molecule has 0 atom stereocenters. The monoisotopic (exact) mass is 294 g/mol. The quantitative estimate of drug-likeness (QED) is 0.669. The fraction of sp³-hybridized carbons (Fsp3) is 0.143. The zero-order valence-corrected chi connectivity index (χ0v) is 11.2. The van der Waals surface area contributed by atoms with Gasteiger partial charge in [0.1, 0.15) is 5.82 Å². The van der Waals surface area contributed by atoms with Crippen molar-refractivity contribution in [1.82, 2.24) is 0 Å². The third kappa shape index (κ3) is 3.68. The van der Waals surface area contributed by atoms with Crippen LogP contribution in [0.1, 0.15) is 5.56 Å². The standard InChI is InChI=1S/C14H12ClFN2O2/c15-13-9-11(3-6-14(13)16)17-8-7-10-1-4-12(5-2-10)18(19)20/h1-6,9,17H,7-8H2. The van der Waals surface area contributed by atoms with Gasteiger partial charge in [0.2, 0.25) is 0 Å². The summed E-state index contributed by atoms with van der Waals surface area (Å²) in [6.45, 7) is 0.625. The predicted molar refractivity (Wildman–Crippen MR) is 76.7 cm³/mol. The highest BCUT2D eigenvalue weighted by Gasteiger charge is 2.04. The van der Waals surface area contributed by atoms with Gasteiger partial charge in [-0.25, -0.2) is 4.39 Å². The lowest BCUT2D eigenvalue weighted by Crippen LogP contribution is -2.05. The molecule has 2 aromatic carbocycles. The molecule has 0 saturated heterocycles. The number of hydrogen-bond donors (Lipinski definition) is 1. The predicted octanol–water partition coefficient (Wildman–Crippen LogP) is 4.04. The zero-order chi connectivity index (χ0) is 14.5. The summed E-state index contributed by atoms with van der Waals surface area (Å²) in [5, 5.41) is 13.7. The van der Waals surface area contributed by atoms with Gasteiger partial charge in [0.15, 0.2) is 0 Å². The summed E-state index contributed by atoms with van der Waals surface area (Å²) in [6.07, 6.45) is 0.701. The van der Waals surface area contributed by atoms with E-state index in [1.165, 1.54) is 24.3 Å². The molecule has 0 aliphatic carbocycles. The molecule has 0 aliphatic rings. The fourth-order valence-electron chi connectivity index (χ4n) is 1.74. The first-order chi connectivity index (χ1) is 9.56. The lowest BCUT2D eigenvalue weighted by atomic mass is 10.1. The summed E-state index contributed by atoms with van der Waals surface area (Å²) in [7, 11) is 0. The SMILES string of the molecule is O=[N+]([O-])c1ccc(CCNc2ccc(F)c(Cl)c2)cc1. The van der Waals surface area contributed by atoms with E-state index in [1.807, 2.05) is 0 Å². The number of benzene rings is 2. The van der Waals surface area contributed by atoms with E-state index in [2.05, 4.69) is 5.32 Å². The maximum Gasteiger partial charge on any atom is 0.269 e. The van der Waals surface area contributed by atoms with E-state index in [0.717, 1.165) is 11.3 Å². The lowest BCUT2D eigenvalue weighted by molar-refractivity contribution is -0.384. The van der Waals surface area contributed by atoms with Gasteiger partial charge in [0.05, 0.1) is 9.95 Å². The summed E-state index contributed by atoms with van der Waals surface area (Å²) in [6, 6.07) is 10.8. The van der Waals surface area contributed by atoms with Crippen molar-refractivity contribution in [3.8, 4) is 0 Å². The van der Waals surface area contributed by atoms with Crippen LogP contribution in [-0.2, 0) is 6.42 Å². The lowest BCUT2D eigenvalue weighted by Gasteiger charge is -2.07.